The van der Waals surface area contributed by atoms with Gasteiger partial charge in [0.05, 0.1) is 0 Å². The van der Waals surface area contributed by atoms with Crippen molar-refractivity contribution in [2.75, 3.05) is 19.6 Å². The second kappa shape index (κ2) is 9.82. The summed E-state index contributed by atoms with van der Waals surface area (Å²) < 4.78 is 0. The first-order valence-corrected chi connectivity index (χ1v) is 7.45. The van der Waals surface area contributed by atoms with Gasteiger partial charge in [0, 0.05) is 32.5 Å². The molecular formula is C15H30N2O2. The molecule has 19 heavy (non-hydrogen) atoms. The molecule has 1 N–H and O–H groups in total. The first kappa shape index (κ1) is 17.9. The molecule has 0 aliphatic rings. The Bertz CT molecular complexity index is 273. The molecule has 4 heteroatoms. The Labute approximate surface area is 117 Å². The van der Waals surface area contributed by atoms with Crippen LogP contribution >= 0.6 is 0 Å². The van der Waals surface area contributed by atoms with Crippen LogP contribution in [0.1, 0.15) is 53.9 Å². The van der Waals surface area contributed by atoms with Crippen molar-refractivity contribution in [1.29, 1.82) is 0 Å². The number of hydrogen-bond acceptors (Lipinski definition) is 2. The molecule has 0 spiro atoms. The highest BCUT2D eigenvalue weighted by atomic mass is 16.2. The van der Waals surface area contributed by atoms with Crippen LogP contribution in [0, 0.1) is 11.8 Å². The van der Waals surface area contributed by atoms with Crippen LogP contribution in [0.25, 0.3) is 0 Å². The largest absolute Gasteiger partial charge is 0.354 e. The molecule has 0 fully saturated rings. The molecule has 0 aromatic carbocycles. The summed E-state index contributed by atoms with van der Waals surface area (Å²) in [6.45, 7) is 11.9. The Balaban J connectivity index is 4.05. The number of nitrogens with one attached hydrogen (secondary N) is 1. The molecule has 0 heterocycles. The average molecular weight is 270 g/mol. The summed E-state index contributed by atoms with van der Waals surface area (Å²) in [7, 11) is 0. The van der Waals surface area contributed by atoms with E-state index < -0.39 is 0 Å². The molecule has 0 saturated heterocycles. The normalized spacial score (nSPS) is 10.9. The first-order valence-electron chi connectivity index (χ1n) is 7.45. The summed E-state index contributed by atoms with van der Waals surface area (Å²) >= 11 is 0. The van der Waals surface area contributed by atoms with Crippen molar-refractivity contribution in [3.8, 4) is 0 Å². The molecular weight excluding hydrogens is 240 g/mol. The van der Waals surface area contributed by atoms with E-state index in [0.29, 0.717) is 19.0 Å². The maximum absolute atomic E-state index is 11.8. The summed E-state index contributed by atoms with van der Waals surface area (Å²) in [6.07, 6.45) is 2.73. The van der Waals surface area contributed by atoms with Crippen LogP contribution in [-0.2, 0) is 9.59 Å². The molecule has 0 bridgehead atoms. The Morgan fingerprint density at radius 1 is 1.11 bits per heavy atom. The van der Waals surface area contributed by atoms with E-state index in [4.69, 9.17) is 0 Å². The summed E-state index contributed by atoms with van der Waals surface area (Å²) in [6, 6.07) is 0. The monoisotopic (exact) mass is 270 g/mol. The van der Waals surface area contributed by atoms with Crippen molar-refractivity contribution in [2.45, 2.75) is 53.9 Å². The number of carbonyl (C=O) groups is 2. The lowest BCUT2D eigenvalue weighted by atomic mass is 10.0. The van der Waals surface area contributed by atoms with E-state index in [0.717, 1.165) is 25.8 Å². The van der Waals surface area contributed by atoms with E-state index in [9.17, 15) is 9.59 Å². The predicted molar refractivity (Wildman–Crippen MR) is 78.8 cm³/mol. The lowest BCUT2D eigenvalue weighted by molar-refractivity contribution is -0.130. The predicted octanol–water partition coefficient (Wildman–Crippen LogP) is 2.43. The van der Waals surface area contributed by atoms with Crippen LogP contribution in [0.5, 0.6) is 0 Å². The van der Waals surface area contributed by atoms with Gasteiger partial charge in [0.25, 0.3) is 0 Å². The van der Waals surface area contributed by atoms with Gasteiger partial charge in [0.1, 0.15) is 0 Å². The molecule has 0 aromatic heterocycles. The van der Waals surface area contributed by atoms with Gasteiger partial charge in [-0.1, -0.05) is 27.7 Å². The van der Waals surface area contributed by atoms with Crippen LogP contribution in [0.15, 0.2) is 0 Å². The average Bonchev–Trinajstić information content (AvgIpc) is 2.34. The van der Waals surface area contributed by atoms with Gasteiger partial charge in [0.2, 0.25) is 11.8 Å². The quantitative estimate of drug-likeness (QED) is 0.699. The molecule has 0 saturated carbocycles. The van der Waals surface area contributed by atoms with Crippen LogP contribution in [0.3, 0.4) is 0 Å². The number of hydrogen-bond donors (Lipinski definition) is 1. The zero-order valence-corrected chi connectivity index (χ0v) is 13.2. The zero-order valence-electron chi connectivity index (χ0n) is 13.2. The van der Waals surface area contributed by atoms with Gasteiger partial charge in [-0.25, -0.2) is 0 Å². The number of rotatable bonds is 9. The Morgan fingerprint density at radius 2 is 1.68 bits per heavy atom. The first-order chi connectivity index (χ1) is 8.92. The third-order valence-corrected chi connectivity index (χ3v) is 3.46. The van der Waals surface area contributed by atoms with Gasteiger partial charge in [0.15, 0.2) is 0 Å². The minimum absolute atomic E-state index is 0.0810. The van der Waals surface area contributed by atoms with Crippen molar-refractivity contribution >= 4 is 11.8 Å². The van der Waals surface area contributed by atoms with E-state index >= 15 is 0 Å². The fourth-order valence-corrected chi connectivity index (χ4v) is 1.96. The highest BCUT2D eigenvalue weighted by Gasteiger charge is 2.14. The highest BCUT2D eigenvalue weighted by molar-refractivity contribution is 5.78. The van der Waals surface area contributed by atoms with E-state index in [1.54, 1.807) is 6.92 Å². The molecule has 0 unspecified atom stereocenters. The smallest absolute Gasteiger partial charge is 0.223 e. The Morgan fingerprint density at radius 3 is 2.11 bits per heavy atom. The number of carbonyl (C=O) groups excluding carboxylic acids is 2. The Kier molecular flexibility index (Phi) is 9.27. The third-order valence-electron chi connectivity index (χ3n) is 3.46. The molecule has 0 rings (SSSR count). The van der Waals surface area contributed by atoms with Gasteiger partial charge in [-0.3, -0.25) is 9.59 Å². The summed E-state index contributed by atoms with van der Waals surface area (Å²) in [4.78, 5) is 25.1. The van der Waals surface area contributed by atoms with Crippen molar-refractivity contribution in [2.24, 2.45) is 11.8 Å². The van der Waals surface area contributed by atoms with Crippen LogP contribution in [0.2, 0.25) is 0 Å². The second-order valence-corrected chi connectivity index (χ2v) is 5.49. The fourth-order valence-electron chi connectivity index (χ4n) is 1.96. The van der Waals surface area contributed by atoms with E-state index in [1.807, 2.05) is 18.7 Å². The van der Waals surface area contributed by atoms with E-state index in [1.165, 1.54) is 0 Å². The van der Waals surface area contributed by atoms with Crippen LogP contribution in [-0.4, -0.2) is 36.3 Å². The van der Waals surface area contributed by atoms with Gasteiger partial charge < -0.3 is 10.2 Å². The molecule has 4 nitrogen and oxygen atoms in total. The van der Waals surface area contributed by atoms with Gasteiger partial charge >= 0.3 is 0 Å². The second-order valence-electron chi connectivity index (χ2n) is 5.49. The molecule has 2 amide bonds. The number of nitrogens with zero attached hydrogens (tertiary/aromatic N) is 1. The minimum Gasteiger partial charge on any atom is -0.354 e. The van der Waals surface area contributed by atoms with Gasteiger partial charge in [-0.2, -0.15) is 0 Å². The van der Waals surface area contributed by atoms with Crippen molar-refractivity contribution in [1.82, 2.24) is 10.2 Å². The summed E-state index contributed by atoms with van der Waals surface area (Å²) in [5, 5.41) is 2.92. The standard InChI is InChI=1S/C15H30N2O2/c1-6-14(7-2)15(19)16-9-11-17(13(5)18)10-8-12(3)4/h12,14H,6-11H2,1-5H3,(H,16,19). The van der Waals surface area contributed by atoms with Gasteiger partial charge in [-0.05, 0) is 25.2 Å². The van der Waals surface area contributed by atoms with Gasteiger partial charge in [-0.15, -0.1) is 0 Å². The molecule has 0 aromatic rings. The molecule has 0 atom stereocenters. The van der Waals surface area contributed by atoms with Crippen molar-refractivity contribution in [3.05, 3.63) is 0 Å². The molecule has 0 radical (unpaired) electrons. The van der Waals surface area contributed by atoms with Crippen molar-refractivity contribution in [3.63, 3.8) is 0 Å². The van der Waals surface area contributed by atoms with Crippen LogP contribution in [0.4, 0.5) is 0 Å². The van der Waals surface area contributed by atoms with Crippen LogP contribution < -0.4 is 5.32 Å². The highest BCUT2D eigenvalue weighted by Crippen LogP contribution is 2.07. The lowest BCUT2D eigenvalue weighted by Gasteiger charge is -2.22. The zero-order chi connectivity index (χ0) is 14.8. The molecule has 0 aliphatic carbocycles. The van der Waals surface area contributed by atoms with E-state index in [-0.39, 0.29) is 17.7 Å². The summed E-state index contributed by atoms with van der Waals surface area (Å²) in [5.74, 6) is 0.872. The maximum atomic E-state index is 11.8. The summed E-state index contributed by atoms with van der Waals surface area (Å²) in [5.41, 5.74) is 0. The Hall–Kier alpha value is -1.06. The van der Waals surface area contributed by atoms with Crippen molar-refractivity contribution < 1.29 is 9.59 Å². The topological polar surface area (TPSA) is 49.4 Å². The SMILES string of the molecule is CCC(CC)C(=O)NCCN(CCC(C)C)C(C)=O. The molecule has 0 aliphatic heterocycles. The molecule has 112 valence electrons. The minimum atomic E-state index is 0.0810. The van der Waals surface area contributed by atoms with E-state index in [2.05, 4.69) is 19.2 Å². The fraction of sp³-hybridized carbons (Fsp3) is 0.867. The third kappa shape index (κ3) is 7.85. The maximum Gasteiger partial charge on any atom is 0.223 e. The lowest BCUT2D eigenvalue weighted by Crippen LogP contribution is -2.40. The number of amides is 2.